The summed E-state index contributed by atoms with van der Waals surface area (Å²) >= 11 is 0. The van der Waals surface area contributed by atoms with Gasteiger partial charge in [-0.25, -0.2) is 4.79 Å². The molecule has 0 bridgehead atoms. The lowest BCUT2D eigenvalue weighted by molar-refractivity contribution is 0.0133. The van der Waals surface area contributed by atoms with E-state index in [1.807, 2.05) is 49.4 Å². The number of carbonyl (C=O) groups is 1. The van der Waals surface area contributed by atoms with E-state index in [0.717, 1.165) is 22.9 Å². The molecule has 8 heteroatoms. The predicted molar refractivity (Wildman–Crippen MR) is 114 cm³/mol. The molecule has 0 aliphatic carbocycles. The first kappa shape index (κ1) is 21.5. The highest BCUT2D eigenvalue weighted by atomic mass is 16.3. The lowest BCUT2D eigenvalue weighted by Gasteiger charge is -2.45. The largest absolute Gasteiger partial charge is 0.394 e. The summed E-state index contributed by atoms with van der Waals surface area (Å²) in [5.41, 5.74) is 0.730. The lowest BCUT2D eigenvalue weighted by Crippen LogP contribution is -2.69. The van der Waals surface area contributed by atoms with Crippen molar-refractivity contribution in [3.8, 4) is 0 Å². The van der Waals surface area contributed by atoms with Crippen LogP contribution in [0.4, 0.5) is 10.5 Å². The van der Waals surface area contributed by atoms with Crippen LogP contribution in [0.25, 0.3) is 10.8 Å². The highest BCUT2D eigenvalue weighted by molar-refractivity contribution is 5.93. The Morgan fingerprint density at radius 2 is 2.03 bits per heavy atom. The number of nitrogens with one attached hydrogen (secondary N) is 4. The second-order valence-electron chi connectivity index (χ2n) is 7.46. The molecule has 8 nitrogen and oxygen atoms in total. The van der Waals surface area contributed by atoms with Gasteiger partial charge in [0.2, 0.25) is 0 Å². The van der Waals surface area contributed by atoms with Gasteiger partial charge in [-0.3, -0.25) is 15.5 Å². The SMILES string of the molecule is CCN1C(NCC(O)CO)CC(C)NC1NC(=O)Nc1ccc2ccccc2c1. The van der Waals surface area contributed by atoms with E-state index in [0.29, 0.717) is 13.1 Å². The molecule has 0 aromatic heterocycles. The van der Waals surface area contributed by atoms with E-state index in [9.17, 15) is 9.90 Å². The first-order chi connectivity index (χ1) is 14.0. The molecular formula is C21H31N5O3. The minimum absolute atomic E-state index is 0.0246. The van der Waals surface area contributed by atoms with Gasteiger partial charge in [0.15, 0.2) is 0 Å². The van der Waals surface area contributed by atoms with Gasteiger partial charge in [-0.15, -0.1) is 0 Å². The molecule has 1 aliphatic heterocycles. The summed E-state index contributed by atoms with van der Waals surface area (Å²) < 4.78 is 0. The van der Waals surface area contributed by atoms with Crippen LogP contribution in [0, 0.1) is 0 Å². The minimum Gasteiger partial charge on any atom is -0.394 e. The van der Waals surface area contributed by atoms with Crippen LogP contribution >= 0.6 is 0 Å². The number of amides is 2. The molecule has 1 heterocycles. The summed E-state index contributed by atoms with van der Waals surface area (Å²) in [6.45, 7) is 4.79. The van der Waals surface area contributed by atoms with Crippen molar-refractivity contribution in [3.05, 3.63) is 42.5 Å². The summed E-state index contributed by atoms with van der Waals surface area (Å²) in [6.07, 6.45) is -0.367. The number of benzene rings is 2. The van der Waals surface area contributed by atoms with E-state index >= 15 is 0 Å². The van der Waals surface area contributed by atoms with Crippen LogP contribution in [-0.4, -0.2) is 65.4 Å². The number of nitrogens with zero attached hydrogens (tertiary/aromatic N) is 1. The molecule has 2 aromatic carbocycles. The van der Waals surface area contributed by atoms with Crippen LogP contribution in [0.5, 0.6) is 0 Å². The zero-order valence-electron chi connectivity index (χ0n) is 16.9. The van der Waals surface area contributed by atoms with Crippen molar-refractivity contribution in [2.24, 2.45) is 0 Å². The highest BCUT2D eigenvalue weighted by Gasteiger charge is 2.33. The molecule has 2 amide bonds. The lowest BCUT2D eigenvalue weighted by atomic mass is 10.1. The molecule has 158 valence electrons. The van der Waals surface area contributed by atoms with Gasteiger partial charge in [0.1, 0.15) is 6.29 Å². The molecule has 2 aromatic rings. The number of anilines is 1. The van der Waals surface area contributed by atoms with Crippen molar-refractivity contribution < 1.29 is 15.0 Å². The number of hydrogen-bond donors (Lipinski definition) is 6. The number of fused-ring (bicyclic) bond motifs is 1. The number of carbonyl (C=O) groups excluding carboxylic acids is 1. The molecule has 0 saturated carbocycles. The van der Waals surface area contributed by atoms with Crippen molar-refractivity contribution in [3.63, 3.8) is 0 Å². The van der Waals surface area contributed by atoms with E-state index in [-0.39, 0.29) is 31.1 Å². The molecule has 0 spiro atoms. The highest BCUT2D eigenvalue weighted by Crippen LogP contribution is 2.19. The molecule has 6 N–H and O–H groups in total. The molecule has 3 rings (SSSR count). The molecular weight excluding hydrogens is 370 g/mol. The Kier molecular flexibility index (Phi) is 7.40. The molecule has 1 saturated heterocycles. The maximum Gasteiger partial charge on any atom is 0.321 e. The Morgan fingerprint density at radius 1 is 1.28 bits per heavy atom. The van der Waals surface area contributed by atoms with Crippen LogP contribution in [-0.2, 0) is 0 Å². The van der Waals surface area contributed by atoms with Crippen molar-refractivity contribution in [2.45, 2.75) is 44.9 Å². The average Bonchev–Trinajstić information content (AvgIpc) is 2.71. The summed E-state index contributed by atoms with van der Waals surface area (Å²) in [7, 11) is 0. The number of rotatable bonds is 7. The predicted octanol–water partition coefficient (Wildman–Crippen LogP) is 1.22. The average molecular weight is 402 g/mol. The van der Waals surface area contributed by atoms with Crippen molar-refractivity contribution >= 4 is 22.5 Å². The smallest absolute Gasteiger partial charge is 0.321 e. The summed E-state index contributed by atoms with van der Waals surface area (Å²) in [4.78, 5) is 14.7. The van der Waals surface area contributed by atoms with Gasteiger partial charge in [-0.05, 0) is 36.2 Å². The van der Waals surface area contributed by atoms with Gasteiger partial charge in [0, 0.05) is 24.8 Å². The topological polar surface area (TPSA) is 109 Å². The van der Waals surface area contributed by atoms with Gasteiger partial charge >= 0.3 is 6.03 Å². The second kappa shape index (κ2) is 10.00. The standard InChI is InChI=1S/C21H31N5O3/c1-3-26-19(22-12-18(28)13-27)10-14(2)23-20(26)25-21(29)24-17-9-8-15-6-4-5-7-16(15)11-17/h4-9,11,14,18-20,22-23,27-28H,3,10,12-13H2,1-2H3,(H2,24,25,29). The Morgan fingerprint density at radius 3 is 2.76 bits per heavy atom. The van der Waals surface area contributed by atoms with Gasteiger partial charge in [-0.1, -0.05) is 37.3 Å². The monoisotopic (exact) mass is 401 g/mol. The van der Waals surface area contributed by atoms with Gasteiger partial charge in [0.25, 0.3) is 0 Å². The molecule has 1 aliphatic rings. The molecule has 29 heavy (non-hydrogen) atoms. The second-order valence-corrected chi connectivity index (χ2v) is 7.46. The van der Waals surface area contributed by atoms with Gasteiger partial charge in [0.05, 0.1) is 18.9 Å². The maximum atomic E-state index is 12.6. The normalized spacial score (nSPS) is 23.7. The third kappa shape index (κ3) is 5.65. The van der Waals surface area contributed by atoms with Crippen LogP contribution in [0.1, 0.15) is 20.3 Å². The maximum absolute atomic E-state index is 12.6. The summed E-state index contributed by atoms with van der Waals surface area (Å²) in [5.74, 6) is 0. The minimum atomic E-state index is -0.804. The fraction of sp³-hybridized carbons (Fsp3) is 0.476. The molecule has 0 radical (unpaired) electrons. The quantitative estimate of drug-likeness (QED) is 0.416. The molecule has 4 unspecified atom stereocenters. The van der Waals surface area contributed by atoms with Crippen LogP contribution in [0.15, 0.2) is 42.5 Å². The Hall–Kier alpha value is -2.23. The Labute approximate surface area is 171 Å². The van der Waals surface area contributed by atoms with E-state index in [1.165, 1.54) is 0 Å². The first-order valence-electron chi connectivity index (χ1n) is 10.1. The van der Waals surface area contributed by atoms with Crippen LogP contribution in [0.3, 0.4) is 0 Å². The molecule has 4 atom stereocenters. The van der Waals surface area contributed by atoms with E-state index < -0.39 is 6.10 Å². The van der Waals surface area contributed by atoms with Crippen LogP contribution in [0.2, 0.25) is 0 Å². The summed E-state index contributed by atoms with van der Waals surface area (Å²) in [6, 6.07) is 13.7. The Balaban J connectivity index is 1.63. The number of hydrogen-bond acceptors (Lipinski definition) is 6. The zero-order chi connectivity index (χ0) is 20.8. The van der Waals surface area contributed by atoms with E-state index in [2.05, 4.69) is 33.1 Å². The third-order valence-electron chi connectivity index (χ3n) is 5.19. The fourth-order valence-corrected chi connectivity index (χ4v) is 3.71. The van der Waals surface area contributed by atoms with E-state index in [1.54, 1.807) is 0 Å². The number of aliphatic hydroxyl groups excluding tert-OH is 2. The zero-order valence-corrected chi connectivity index (χ0v) is 16.9. The fourth-order valence-electron chi connectivity index (χ4n) is 3.71. The first-order valence-corrected chi connectivity index (χ1v) is 10.1. The Bertz CT molecular complexity index is 818. The third-order valence-corrected chi connectivity index (χ3v) is 5.19. The van der Waals surface area contributed by atoms with Crippen molar-refractivity contribution in [1.29, 1.82) is 0 Å². The van der Waals surface area contributed by atoms with E-state index in [4.69, 9.17) is 5.11 Å². The summed E-state index contributed by atoms with van der Waals surface area (Å²) in [5, 5.41) is 33.4. The van der Waals surface area contributed by atoms with Crippen molar-refractivity contribution in [2.75, 3.05) is 25.0 Å². The van der Waals surface area contributed by atoms with Crippen molar-refractivity contribution in [1.82, 2.24) is 20.9 Å². The number of aliphatic hydroxyl groups is 2. The van der Waals surface area contributed by atoms with Crippen LogP contribution < -0.4 is 21.3 Å². The molecule has 1 fully saturated rings. The number of urea groups is 1. The van der Waals surface area contributed by atoms with Gasteiger partial charge in [-0.2, -0.15) is 0 Å². The van der Waals surface area contributed by atoms with Gasteiger partial charge < -0.3 is 20.8 Å².